The number of rotatable bonds is 7. The van der Waals surface area contributed by atoms with E-state index in [1.165, 1.54) is 0 Å². The molecule has 6 nitrogen and oxygen atoms in total. The Labute approximate surface area is 94.4 Å². The summed E-state index contributed by atoms with van der Waals surface area (Å²) in [6.45, 7) is 0.793. The molecule has 0 bridgehead atoms. The number of anilines is 2. The summed E-state index contributed by atoms with van der Waals surface area (Å²) in [6.07, 6.45) is 3.81. The zero-order chi connectivity index (χ0) is 11.8. The Balaban J connectivity index is 2.23. The standard InChI is InChI=1S/C10H17N5O/c11-9(16)3-1-2-5-13-8-4-6-14-10(7-8)15-12/h4,6-7H,1-3,5,12H2,(H2,11,16)(H2,13,14,15). The summed E-state index contributed by atoms with van der Waals surface area (Å²) in [6, 6.07) is 3.67. The van der Waals surface area contributed by atoms with Crippen LogP contribution < -0.4 is 22.3 Å². The number of nitrogens with one attached hydrogen (secondary N) is 2. The molecule has 0 saturated carbocycles. The van der Waals surface area contributed by atoms with Crippen molar-refractivity contribution >= 4 is 17.4 Å². The molecule has 0 radical (unpaired) electrons. The van der Waals surface area contributed by atoms with Crippen LogP contribution >= 0.6 is 0 Å². The summed E-state index contributed by atoms with van der Waals surface area (Å²) in [5.41, 5.74) is 8.45. The molecule has 0 aliphatic carbocycles. The number of nitrogens with zero attached hydrogens (tertiary/aromatic N) is 1. The van der Waals surface area contributed by atoms with Crippen LogP contribution in [0.15, 0.2) is 18.3 Å². The lowest BCUT2D eigenvalue weighted by atomic mass is 10.2. The van der Waals surface area contributed by atoms with Crippen LogP contribution in [-0.2, 0) is 4.79 Å². The molecular formula is C10H17N5O. The van der Waals surface area contributed by atoms with Gasteiger partial charge in [0.05, 0.1) is 0 Å². The van der Waals surface area contributed by atoms with Gasteiger partial charge in [0.15, 0.2) is 0 Å². The van der Waals surface area contributed by atoms with Crippen LogP contribution in [0.3, 0.4) is 0 Å². The number of primary amides is 1. The number of carbonyl (C=O) groups excluding carboxylic acids is 1. The van der Waals surface area contributed by atoms with E-state index in [9.17, 15) is 4.79 Å². The molecule has 16 heavy (non-hydrogen) atoms. The minimum Gasteiger partial charge on any atom is -0.385 e. The van der Waals surface area contributed by atoms with Gasteiger partial charge in [-0.15, -0.1) is 0 Å². The molecule has 1 rings (SSSR count). The maximum absolute atomic E-state index is 10.5. The molecule has 0 aromatic carbocycles. The Bertz CT molecular complexity index is 342. The van der Waals surface area contributed by atoms with Crippen molar-refractivity contribution in [2.75, 3.05) is 17.3 Å². The highest BCUT2D eigenvalue weighted by Gasteiger charge is 1.96. The minimum absolute atomic E-state index is 0.251. The van der Waals surface area contributed by atoms with E-state index in [1.807, 2.05) is 12.1 Å². The van der Waals surface area contributed by atoms with E-state index < -0.39 is 0 Å². The molecule has 1 aromatic heterocycles. The Kier molecular flexibility index (Phi) is 5.07. The van der Waals surface area contributed by atoms with Gasteiger partial charge in [-0.05, 0) is 18.9 Å². The van der Waals surface area contributed by atoms with Gasteiger partial charge in [0, 0.05) is 30.9 Å². The second-order valence-electron chi connectivity index (χ2n) is 3.42. The topological polar surface area (TPSA) is 106 Å². The van der Waals surface area contributed by atoms with E-state index in [-0.39, 0.29) is 5.91 Å². The number of aromatic nitrogens is 1. The summed E-state index contributed by atoms with van der Waals surface area (Å²) in [7, 11) is 0. The van der Waals surface area contributed by atoms with Crippen LogP contribution in [0.4, 0.5) is 11.5 Å². The molecule has 88 valence electrons. The van der Waals surface area contributed by atoms with E-state index >= 15 is 0 Å². The second kappa shape index (κ2) is 6.62. The number of nitrogen functional groups attached to an aromatic ring is 1. The van der Waals surface area contributed by atoms with E-state index in [0.29, 0.717) is 12.2 Å². The van der Waals surface area contributed by atoms with Crippen LogP contribution in [0.1, 0.15) is 19.3 Å². The van der Waals surface area contributed by atoms with Gasteiger partial charge in [0.1, 0.15) is 5.82 Å². The molecule has 0 aliphatic heterocycles. The molecule has 6 heteroatoms. The zero-order valence-corrected chi connectivity index (χ0v) is 9.07. The van der Waals surface area contributed by atoms with Crippen molar-refractivity contribution < 1.29 is 4.79 Å². The van der Waals surface area contributed by atoms with Gasteiger partial charge in [0.2, 0.25) is 5.91 Å². The Morgan fingerprint density at radius 1 is 1.44 bits per heavy atom. The Morgan fingerprint density at radius 2 is 2.25 bits per heavy atom. The van der Waals surface area contributed by atoms with Crippen LogP contribution in [0.5, 0.6) is 0 Å². The van der Waals surface area contributed by atoms with E-state index in [0.717, 1.165) is 25.1 Å². The van der Waals surface area contributed by atoms with E-state index in [4.69, 9.17) is 11.6 Å². The number of nitrogens with two attached hydrogens (primary N) is 2. The molecule has 0 fully saturated rings. The van der Waals surface area contributed by atoms with Crippen molar-refractivity contribution in [1.82, 2.24) is 4.98 Å². The molecule has 1 aromatic rings. The highest BCUT2D eigenvalue weighted by atomic mass is 16.1. The molecule has 1 heterocycles. The molecular weight excluding hydrogens is 206 g/mol. The van der Waals surface area contributed by atoms with Crippen molar-refractivity contribution in [3.63, 3.8) is 0 Å². The van der Waals surface area contributed by atoms with E-state index in [1.54, 1.807) is 6.20 Å². The molecule has 0 spiro atoms. The van der Waals surface area contributed by atoms with Crippen LogP contribution in [-0.4, -0.2) is 17.4 Å². The third-order valence-electron chi connectivity index (χ3n) is 2.09. The monoisotopic (exact) mass is 223 g/mol. The number of pyridine rings is 1. The van der Waals surface area contributed by atoms with Gasteiger partial charge in [-0.2, -0.15) is 0 Å². The molecule has 0 aliphatic rings. The van der Waals surface area contributed by atoms with Crippen molar-refractivity contribution in [3.05, 3.63) is 18.3 Å². The molecule has 0 atom stereocenters. The fourth-order valence-corrected chi connectivity index (χ4v) is 1.28. The zero-order valence-electron chi connectivity index (χ0n) is 9.07. The first-order chi connectivity index (χ1) is 7.72. The van der Waals surface area contributed by atoms with Crippen molar-refractivity contribution in [2.24, 2.45) is 11.6 Å². The normalized spacial score (nSPS) is 9.81. The lowest BCUT2D eigenvalue weighted by Crippen LogP contribution is -2.11. The van der Waals surface area contributed by atoms with Gasteiger partial charge in [0.25, 0.3) is 0 Å². The Hall–Kier alpha value is -1.82. The molecule has 0 unspecified atom stereocenters. The average molecular weight is 223 g/mol. The third kappa shape index (κ3) is 4.61. The first-order valence-corrected chi connectivity index (χ1v) is 5.17. The van der Waals surface area contributed by atoms with Crippen LogP contribution in [0, 0.1) is 0 Å². The fraction of sp³-hybridized carbons (Fsp3) is 0.400. The summed E-state index contributed by atoms with van der Waals surface area (Å²) >= 11 is 0. The summed E-state index contributed by atoms with van der Waals surface area (Å²) in [5, 5.41) is 3.21. The summed E-state index contributed by atoms with van der Waals surface area (Å²) < 4.78 is 0. The van der Waals surface area contributed by atoms with Gasteiger partial charge < -0.3 is 16.5 Å². The lowest BCUT2D eigenvalue weighted by molar-refractivity contribution is -0.118. The average Bonchev–Trinajstić information content (AvgIpc) is 2.28. The quantitative estimate of drug-likeness (QED) is 0.305. The minimum atomic E-state index is -0.251. The lowest BCUT2D eigenvalue weighted by Gasteiger charge is -2.06. The molecule has 1 amide bonds. The van der Waals surface area contributed by atoms with Crippen molar-refractivity contribution in [2.45, 2.75) is 19.3 Å². The predicted molar refractivity (Wildman–Crippen MR) is 63.6 cm³/mol. The molecule has 6 N–H and O–H groups in total. The summed E-state index contributed by atoms with van der Waals surface area (Å²) in [4.78, 5) is 14.5. The number of carbonyl (C=O) groups is 1. The first kappa shape index (κ1) is 12.3. The maximum Gasteiger partial charge on any atom is 0.217 e. The van der Waals surface area contributed by atoms with Crippen LogP contribution in [0.25, 0.3) is 0 Å². The largest absolute Gasteiger partial charge is 0.385 e. The van der Waals surface area contributed by atoms with Gasteiger partial charge in [-0.1, -0.05) is 0 Å². The number of amides is 1. The number of hydrogen-bond acceptors (Lipinski definition) is 5. The number of hydrazine groups is 1. The van der Waals surface area contributed by atoms with E-state index in [2.05, 4.69) is 15.7 Å². The number of hydrogen-bond donors (Lipinski definition) is 4. The van der Waals surface area contributed by atoms with Gasteiger partial charge in [-0.3, -0.25) is 4.79 Å². The van der Waals surface area contributed by atoms with Crippen molar-refractivity contribution in [1.29, 1.82) is 0 Å². The highest BCUT2D eigenvalue weighted by Crippen LogP contribution is 2.10. The fourth-order valence-electron chi connectivity index (χ4n) is 1.28. The SMILES string of the molecule is NNc1cc(NCCCCC(N)=O)ccn1. The van der Waals surface area contributed by atoms with Gasteiger partial charge >= 0.3 is 0 Å². The Morgan fingerprint density at radius 3 is 2.94 bits per heavy atom. The van der Waals surface area contributed by atoms with Crippen molar-refractivity contribution in [3.8, 4) is 0 Å². The first-order valence-electron chi connectivity index (χ1n) is 5.17. The second-order valence-corrected chi connectivity index (χ2v) is 3.42. The maximum atomic E-state index is 10.5. The summed E-state index contributed by atoms with van der Waals surface area (Å²) in [5.74, 6) is 5.60. The smallest absolute Gasteiger partial charge is 0.217 e. The number of unbranched alkanes of at least 4 members (excludes halogenated alkanes) is 1. The van der Waals surface area contributed by atoms with Gasteiger partial charge in [-0.25, -0.2) is 10.8 Å². The highest BCUT2D eigenvalue weighted by molar-refractivity contribution is 5.73. The van der Waals surface area contributed by atoms with Crippen LogP contribution in [0.2, 0.25) is 0 Å². The third-order valence-corrected chi connectivity index (χ3v) is 2.09. The molecule has 0 saturated heterocycles. The predicted octanol–water partition coefficient (Wildman–Crippen LogP) is 0.435.